The summed E-state index contributed by atoms with van der Waals surface area (Å²) < 4.78 is 22.2. The van der Waals surface area contributed by atoms with E-state index in [-0.39, 0.29) is 29.9 Å². The summed E-state index contributed by atoms with van der Waals surface area (Å²) in [7, 11) is 3.19. The van der Waals surface area contributed by atoms with E-state index in [1.165, 1.54) is 0 Å². The maximum Gasteiger partial charge on any atom is 0.225 e. The zero-order chi connectivity index (χ0) is 24.2. The van der Waals surface area contributed by atoms with E-state index in [2.05, 4.69) is 5.32 Å². The maximum atomic E-state index is 13.4. The number of ether oxygens (including phenoxy) is 4. The van der Waals surface area contributed by atoms with Gasteiger partial charge in [0, 0.05) is 30.0 Å². The molecule has 0 saturated carbocycles. The molecule has 2 aliphatic rings. The van der Waals surface area contributed by atoms with Crippen molar-refractivity contribution < 1.29 is 28.5 Å². The van der Waals surface area contributed by atoms with Crippen LogP contribution in [0.4, 0.5) is 0 Å². The molecule has 0 saturated heterocycles. The summed E-state index contributed by atoms with van der Waals surface area (Å²) in [5.74, 6) is 2.15. The van der Waals surface area contributed by atoms with Gasteiger partial charge in [0.25, 0.3) is 0 Å². The fourth-order valence-corrected chi connectivity index (χ4v) is 4.87. The first-order valence-electron chi connectivity index (χ1n) is 11.7. The van der Waals surface area contributed by atoms with Crippen molar-refractivity contribution in [3.05, 3.63) is 58.8 Å². The molecule has 2 atom stereocenters. The minimum atomic E-state index is -0.309. The fourth-order valence-electron chi connectivity index (χ4n) is 4.87. The Morgan fingerprint density at radius 3 is 1.97 bits per heavy atom. The van der Waals surface area contributed by atoms with Crippen LogP contribution in [0, 0.1) is 0 Å². The summed E-state index contributed by atoms with van der Waals surface area (Å²) >= 11 is 0. The predicted octanol–water partition coefficient (Wildman–Crippen LogP) is 4.51. The molecule has 0 bridgehead atoms. The monoisotopic (exact) mass is 465 g/mol. The molecule has 0 aromatic heterocycles. The molecule has 2 unspecified atom stereocenters. The molecule has 4 rings (SSSR count). The van der Waals surface area contributed by atoms with Gasteiger partial charge in [-0.05, 0) is 61.6 Å². The van der Waals surface area contributed by atoms with Crippen molar-refractivity contribution >= 4 is 11.7 Å². The first-order chi connectivity index (χ1) is 16.5. The fraction of sp³-hybridized carbons (Fsp3) is 0.407. The van der Waals surface area contributed by atoms with Crippen molar-refractivity contribution in [3.63, 3.8) is 0 Å². The van der Waals surface area contributed by atoms with E-state index < -0.39 is 0 Å². The molecular formula is C27H31NO6. The Kier molecular flexibility index (Phi) is 7.10. The summed E-state index contributed by atoms with van der Waals surface area (Å²) in [6.07, 6.45) is 1.17. The first-order valence-corrected chi connectivity index (χ1v) is 11.7. The Morgan fingerprint density at radius 2 is 1.38 bits per heavy atom. The van der Waals surface area contributed by atoms with E-state index in [4.69, 9.17) is 18.9 Å². The zero-order valence-corrected chi connectivity index (χ0v) is 20.1. The van der Waals surface area contributed by atoms with Crippen LogP contribution >= 0.6 is 0 Å². The van der Waals surface area contributed by atoms with Gasteiger partial charge in [-0.2, -0.15) is 0 Å². The van der Waals surface area contributed by atoms with Crippen molar-refractivity contribution in [1.82, 2.24) is 5.32 Å². The smallest absolute Gasteiger partial charge is 0.225 e. The van der Waals surface area contributed by atoms with E-state index in [0.29, 0.717) is 60.3 Å². The molecule has 2 aromatic carbocycles. The number of methoxy groups -OCH3 is 2. The number of hydrogen-bond acceptors (Lipinski definition) is 6. The second-order valence-corrected chi connectivity index (χ2v) is 8.41. The van der Waals surface area contributed by atoms with Gasteiger partial charge < -0.3 is 24.3 Å². The van der Waals surface area contributed by atoms with Gasteiger partial charge in [0.1, 0.15) is 0 Å². The van der Waals surface area contributed by atoms with E-state index in [1.807, 2.05) is 50.2 Å². The molecule has 1 aliphatic heterocycles. The molecule has 180 valence electrons. The SMILES string of the molecule is CCOc1ccc(C2CC(=O)C3=C(C2)NC(=O)CC3c2ccc(OCC)c(OC)c2)cc1OC. The van der Waals surface area contributed by atoms with Crippen molar-refractivity contribution in [3.8, 4) is 23.0 Å². The number of Topliss-reactive ketones (excluding diaryl/α,β-unsaturated/α-hetero) is 1. The summed E-state index contributed by atoms with van der Waals surface area (Å²) in [4.78, 5) is 26.1. The number of benzene rings is 2. The number of ketones is 1. The summed E-state index contributed by atoms with van der Waals surface area (Å²) in [5, 5.41) is 2.98. The number of rotatable bonds is 8. The summed E-state index contributed by atoms with van der Waals surface area (Å²) in [6, 6.07) is 11.4. The molecule has 7 heteroatoms. The molecule has 1 heterocycles. The van der Waals surface area contributed by atoms with Crippen LogP contribution in [-0.4, -0.2) is 39.1 Å². The molecule has 0 spiro atoms. The van der Waals surface area contributed by atoms with E-state index in [0.717, 1.165) is 11.1 Å². The zero-order valence-electron chi connectivity index (χ0n) is 20.1. The van der Waals surface area contributed by atoms with Crippen molar-refractivity contribution in [2.75, 3.05) is 27.4 Å². The highest BCUT2D eigenvalue weighted by molar-refractivity contribution is 6.02. The van der Waals surface area contributed by atoms with Gasteiger partial charge in [-0.15, -0.1) is 0 Å². The third kappa shape index (κ3) is 4.60. The number of carbonyl (C=O) groups is 2. The van der Waals surface area contributed by atoms with Gasteiger partial charge in [0.2, 0.25) is 5.91 Å². The molecule has 1 N–H and O–H groups in total. The molecule has 2 aromatic rings. The second-order valence-electron chi connectivity index (χ2n) is 8.41. The van der Waals surface area contributed by atoms with Gasteiger partial charge in [0.15, 0.2) is 28.8 Å². The molecule has 34 heavy (non-hydrogen) atoms. The summed E-state index contributed by atoms with van der Waals surface area (Å²) in [5.41, 5.74) is 3.26. The van der Waals surface area contributed by atoms with Gasteiger partial charge in [-0.3, -0.25) is 9.59 Å². The lowest BCUT2D eigenvalue weighted by Crippen LogP contribution is -2.38. The second kappa shape index (κ2) is 10.2. The number of amides is 1. The van der Waals surface area contributed by atoms with Crippen LogP contribution in [0.5, 0.6) is 23.0 Å². The lowest BCUT2D eigenvalue weighted by atomic mass is 9.73. The number of carbonyl (C=O) groups excluding carboxylic acids is 2. The van der Waals surface area contributed by atoms with Gasteiger partial charge >= 0.3 is 0 Å². The van der Waals surface area contributed by atoms with E-state index in [1.54, 1.807) is 14.2 Å². The molecule has 1 aliphatic carbocycles. The standard InChI is InChI=1S/C27H31NO6/c1-5-33-22-9-7-16(13-24(22)31-3)18-11-20-27(21(29)12-18)19(15-26(30)28-20)17-8-10-23(34-6-2)25(14-17)32-4/h7-10,13-14,18-19H,5-6,11-12,15H2,1-4H3,(H,28,30). The van der Waals surface area contributed by atoms with Crippen LogP contribution in [-0.2, 0) is 9.59 Å². The minimum absolute atomic E-state index is 0.0512. The Morgan fingerprint density at radius 1 is 0.794 bits per heavy atom. The Labute approximate surface area is 200 Å². The van der Waals surface area contributed by atoms with Crippen LogP contribution in [0.3, 0.4) is 0 Å². The highest BCUT2D eigenvalue weighted by Gasteiger charge is 2.38. The molecule has 0 radical (unpaired) electrons. The Balaban J connectivity index is 1.67. The molecule has 7 nitrogen and oxygen atoms in total. The van der Waals surface area contributed by atoms with Crippen molar-refractivity contribution in [2.45, 2.75) is 44.9 Å². The highest BCUT2D eigenvalue weighted by atomic mass is 16.5. The van der Waals surface area contributed by atoms with Crippen molar-refractivity contribution in [1.29, 1.82) is 0 Å². The van der Waals surface area contributed by atoms with E-state index in [9.17, 15) is 9.59 Å². The predicted molar refractivity (Wildman–Crippen MR) is 128 cm³/mol. The van der Waals surface area contributed by atoms with Crippen LogP contribution < -0.4 is 24.3 Å². The molecule has 1 amide bonds. The maximum absolute atomic E-state index is 13.4. The van der Waals surface area contributed by atoms with Crippen LogP contribution in [0.25, 0.3) is 0 Å². The Bertz CT molecular complexity index is 1120. The average Bonchev–Trinajstić information content (AvgIpc) is 2.84. The number of nitrogens with one attached hydrogen (secondary N) is 1. The van der Waals surface area contributed by atoms with E-state index >= 15 is 0 Å². The van der Waals surface area contributed by atoms with Crippen LogP contribution in [0.1, 0.15) is 56.1 Å². The third-order valence-electron chi connectivity index (χ3n) is 6.38. The number of hydrogen-bond donors (Lipinski definition) is 1. The largest absolute Gasteiger partial charge is 0.493 e. The van der Waals surface area contributed by atoms with Gasteiger partial charge in [0.05, 0.1) is 27.4 Å². The van der Waals surface area contributed by atoms with Gasteiger partial charge in [-0.25, -0.2) is 0 Å². The van der Waals surface area contributed by atoms with Crippen LogP contribution in [0.2, 0.25) is 0 Å². The lowest BCUT2D eigenvalue weighted by Gasteiger charge is -2.34. The third-order valence-corrected chi connectivity index (χ3v) is 6.38. The Hall–Kier alpha value is -3.48. The quantitative estimate of drug-likeness (QED) is 0.618. The summed E-state index contributed by atoms with van der Waals surface area (Å²) in [6.45, 7) is 4.89. The topological polar surface area (TPSA) is 83.1 Å². The molecular weight excluding hydrogens is 434 g/mol. The van der Waals surface area contributed by atoms with Crippen LogP contribution in [0.15, 0.2) is 47.7 Å². The van der Waals surface area contributed by atoms with Gasteiger partial charge in [-0.1, -0.05) is 12.1 Å². The average molecular weight is 466 g/mol. The lowest BCUT2D eigenvalue weighted by molar-refractivity contribution is -0.122. The number of allylic oxidation sites excluding steroid dienone is 2. The molecule has 0 fully saturated rings. The highest BCUT2D eigenvalue weighted by Crippen LogP contribution is 2.45. The first kappa shape index (κ1) is 23.7. The van der Waals surface area contributed by atoms with Crippen molar-refractivity contribution in [2.24, 2.45) is 0 Å². The normalized spacial score (nSPS) is 19.9. The minimum Gasteiger partial charge on any atom is -0.493 e.